The monoisotopic (exact) mass is 245 g/mol. The van der Waals surface area contributed by atoms with E-state index in [0.717, 1.165) is 25.4 Å². The smallest absolute Gasteiger partial charge is 0.284 e. The Bertz CT molecular complexity index is 270. The molecule has 5 heteroatoms. The number of hydrogen-bond acceptors (Lipinski definition) is 4. The molecule has 72 valence electrons. The minimum Gasteiger partial charge on any atom is -0.416 e. The third-order valence-corrected chi connectivity index (χ3v) is 2.68. The summed E-state index contributed by atoms with van der Waals surface area (Å²) >= 11 is 3.14. The topological polar surface area (TPSA) is 51.0 Å². The summed E-state index contributed by atoms with van der Waals surface area (Å²) in [5, 5.41) is 11.0. The number of aromatic nitrogens is 2. The Hall–Kier alpha value is -0.420. The lowest BCUT2D eigenvalue weighted by Gasteiger charge is -2.20. The van der Waals surface area contributed by atoms with E-state index in [2.05, 4.69) is 31.4 Å². The van der Waals surface area contributed by atoms with E-state index in [9.17, 15) is 0 Å². The minimum absolute atomic E-state index is 0.483. The maximum absolute atomic E-state index is 5.26. The maximum Gasteiger partial charge on any atom is 0.284 e. The summed E-state index contributed by atoms with van der Waals surface area (Å²) in [6.07, 6.45) is 3.33. The third kappa shape index (κ3) is 2.51. The average Bonchev–Trinajstić information content (AvgIpc) is 2.53. The SMILES string of the molecule is Brc1nnc(CC2CCNCC2)o1. The molecule has 1 aromatic heterocycles. The molecule has 0 bridgehead atoms. The van der Waals surface area contributed by atoms with Gasteiger partial charge in [-0.05, 0) is 31.8 Å². The molecule has 1 aromatic rings. The lowest BCUT2D eigenvalue weighted by molar-refractivity contribution is 0.339. The van der Waals surface area contributed by atoms with E-state index in [1.54, 1.807) is 0 Å². The first-order valence-corrected chi connectivity index (χ1v) is 5.32. The highest BCUT2D eigenvalue weighted by Gasteiger charge is 2.16. The summed E-state index contributed by atoms with van der Waals surface area (Å²) in [6.45, 7) is 2.22. The number of piperidine rings is 1. The Morgan fingerprint density at radius 3 is 2.77 bits per heavy atom. The molecule has 1 aliphatic heterocycles. The van der Waals surface area contributed by atoms with Crippen LogP contribution in [0, 0.1) is 5.92 Å². The Morgan fingerprint density at radius 1 is 1.38 bits per heavy atom. The first-order valence-electron chi connectivity index (χ1n) is 4.53. The molecule has 2 rings (SSSR count). The van der Waals surface area contributed by atoms with Crippen molar-refractivity contribution in [2.75, 3.05) is 13.1 Å². The number of nitrogens with one attached hydrogen (secondary N) is 1. The second-order valence-electron chi connectivity index (χ2n) is 3.35. The van der Waals surface area contributed by atoms with Gasteiger partial charge in [0.2, 0.25) is 5.89 Å². The highest BCUT2D eigenvalue weighted by molar-refractivity contribution is 9.10. The van der Waals surface area contributed by atoms with Gasteiger partial charge in [0.25, 0.3) is 4.80 Å². The van der Waals surface area contributed by atoms with Crippen LogP contribution in [0.4, 0.5) is 0 Å². The predicted molar refractivity (Wildman–Crippen MR) is 51.3 cm³/mol. The van der Waals surface area contributed by atoms with Crippen molar-refractivity contribution in [1.82, 2.24) is 15.5 Å². The molecule has 0 aliphatic carbocycles. The van der Waals surface area contributed by atoms with E-state index in [-0.39, 0.29) is 0 Å². The highest BCUT2D eigenvalue weighted by Crippen LogP contribution is 2.18. The van der Waals surface area contributed by atoms with Crippen molar-refractivity contribution in [3.05, 3.63) is 10.7 Å². The molecular weight excluding hydrogens is 234 g/mol. The molecule has 0 saturated carbocycles. The fourth-order valence-electron chi connectivity index (χ4n) is 1.65. The standard InChI is InChI=1S/C8H12BrN3O/c9-8-12-11-7(13-8)5-6-1-3-10-4-2-6/h6,10H,1-5H2. The van der Waals surface area contributed by atoms with Crippen molar-refractivity contribution in [3.8, 4) is 0 Å². The van der Waals surface area contributed by atoms with Crippen molar-refractivity contribution in [2.24, 2.45) is 5.92 Å². The number of hydrogen-bond donors (Lipinski definition) is 1. The molecule has 1 saturated heterocycles. The van der Waals surface area contributed by atoms with Crippen LogP contribution < -0.4 is 5.32 Å². The normalized spacial score (nSPS) is 19.2. The summed E-state index contributed by atoms with van der Waals surface area (Å²) in [4.78, 5) is 0.483. The fourth-order valence-corrected chi connectivity index (χ4v) is 1.91. The van der Waals surface area contributed by atoms with Gasteiger partial charge in [0.1, 0.15) is 0 Å². The van der Waals surface area contributed by atoms with E-state index in [1.165, 1.54) is 12.8 Å². The molecule has 2 heterocycles. The van der Waals surface area contributed by atoms with Crippen LogP contribution >= 0.6 is 15.9 Å². The Balaban J connectivity index is 1.89. The summed E-state index contributed by atoms with van der Waals surface area (Å²) in [5.74, 6) is 1.45. The second-order valence-corrected chi connectivity index (χ2v) is 4.02. The quantitative estimate of drug-likeness (QED) is 0.856. The largest absolute Gasteiger partial charge is 0.416 e. The van der Waals surface area contributed by atoms with Crippen LogP contribution in [-0.2, 0) is 6.42 Å². The molecule has 1 N–H and O–H groups in total. The Kier molecular flexibility index (Phi) is 2.95. The van der Waals surface area contributed by atoms with Gasteiger partial charge in [-0.2, -0.15) is 0 Å². The van der Waals surface area contributed by atoms with Gasteiger partial charge in [-0.1, -0.05) is 0 Å². The molecule has 0 spiro atoms. The van der Waals surface area contributed by atoms with E-state index in [0.29, 0.717) is 10.7 Å². The van der Waals surface area contributed by atoms with Gasteiger partial charge in [0.15, 0.2) is 0 Å². The molecule has 1 fully saturated rings. The van der Waals surface area contributed by atoms with E-state index >= 15 is 0 Å². The minimum atomic E-state index is 0.483. The highest BCUT2D eigenvalue weighted by atomic mass is 79.9. The number of rotatable bonds is 2. The number of nitrogens with zero attached hydrogens (tertiary/aromatic N) is 2. The van der Waals surface area contributed by atoms with Crippen LogP contribution in [0.5, 0.6) is 0 Å². The maximum atomic E-state index is 5.26. The molecule has 0 atom stereocenters. The van der Waals surface area contributed by atoms with Crippen LogP contribution in [0.2, 0.25) is 0 Å². The molecular formula is C8H12BrN3O. The summed E-state index contributed by atoms with van der Waals surface area (Å²) in [5.41, 5.74) is 0. The van der Waals surface area contributed by atoms with Gasteiger partial charge in [-0.25, -0.2) is 0 Å². The Labute approximate surface area is 85.2 Å². The van der Waals surface area contributed by atoms with Crippen LogP contribution in [0.25, 0.3) is 0 Å². The van der Waals surface area contributed by atoms with Crippen LogP contribution in [-0.4, -0.2) is 23.3 Å². The molecule has 0 aromatic carbocycles. The van der Waals surface area contributed by atoms with Crippen LogP contribution in [0.3, 0.4) is 0 Å². The zero-order chi connectivity index (χ0) is 9.10. The predicted octanol–water partition coefficient (Wildman–Crippen LogP) is 1.37. The van der Waals surface area contributed by atoms with Crippen molar-refractivity contribution in [3.63, 3.8) is 0 Å². The molecule has 1 aliphatic rings. The third-order valence-electron chi connectivity index (χ3n) is 2.36. The van der Waals surface area contributed by atoms with Gasteiger partial charge in [-0.15, -0.1) is 10.2 Å². The van der Waals surface area contributed by atoms with Crippen molar-refractivity contribution in [1.29, 1.82) is 0 Å². The lowest BCUT2D eigenvalue weighted by Crippen LogP contribution is -2.28. The van der Waals surface area contributed by atoms with Crippen LogP contribution in [0.1, 0.15) is 18.7 Å². The van der Waals surface area contributed by atoms with Crippen molar-refractivity contribution in [2.45, 2.75) is 19.3 Å². The summed E-state index contributed by atoms with van der Waals surface area (Å²) in [6, 6.07) is 0. The summed E-state index contributed by atoms with van der Waals surface area (Å²) in [7, 11) is 0. The van der Waals surface area contributed by atoms with Gasteiger partial charge in [-0.3, -0.25) is 0 Å². The van der Waals surface area contributed by atoms with Crippen LogP contribution in [0.15, 0.2) is 9.22 Å². The average molecular weight is 246 g/mol. The molecule has 0 amide bonds. The zero-order valence-electron chi connectivity index (χ0n) is 7.29. The Morgan fingerprint density at radius 2 is 2.15 bits per heavy atom. The molecule has 0 radical (unpaired) electrons. The summed E-state index contributed by atoms with van der Waals surface area (Å²) < 4.78 is 5.26. The van der Waals surface area contributed by atoms with Gasteiger partial charge < -0.3 is 9.73 Å². The van der Waals surface area contributed by atoms with Crippen molar-refractivity contribution >= 4 is 15.9 Å². The first-order chi connectivity index (χ1) is 6.34. The van der Waals surface area contributed by atoms with Gasteiger partial charge >= 0.3 is 0 Å². The fraction of sp³-hybridized carbons (Fsp3) is 0.750. The molecule has 0 unspecified atom stereocenters. The van der Waals surface area contributed by atoms with Gasteiger partial charge in [0, 0.05) is 22.4 Å². The van der Waals surface area contributed by atoms with E-state index in [1.807, 2.05) is 0 Å². The van der Waals surface area contributed by atoms with E-state index < -0.39 is 0 Å². The zero-order valence-corrected chi connectivity index (χ0v) is 8.88. The van der Waals surface area contributed by atoms with Crippen molar-refractivity contribution < 1.29 is 4.42 Å². The van der Waals surface area contributed by atoms with E-state index in [4.69, 9.17) is 4.42 Å². The molecule has 13 heavy (non-hydrogen) atoms. The first kappa shape index (κ1) is 9.15. The second kappa shape index (κ2) is 4.19. The molecule has 4 nitrogen and oxygen atoms in total. The number of halogens is 1. The lowest BCUT2D eigenvalue weighted by atomic mass is 9.95. The van der Waals surface area contributed by atoms with Gasteiger partial charge in [0.05, 0.1) is 0 Å².